The number of hydrogen-bond acceptors (Lipinski definition) is 14. The summed E-state index contributed by atoms with van der Waals surface area (Å²) in [6.45, 7) is 2.38. The van der Waals surface area contributed by atoms with Gasteiger partial charge in [-0.05, 0) is 161 Å². The summed E-state index contributed by atoms with van der Waals surface area (Å²) in [6.07, 6.45) is 109. The van der Waals surface area contributed by atoms with E-state index < -0.39 is 91.5 Å². The first kappa shape index (κ1) is 106. The highest BCUT2D eigenvalue weighted by atomic mass is 31.2. The Morgan fingerprint density at radius 3 is 0.757 bits per heavy atom. The molecule has 0 aromatic heterocycles. The van der Waals surface area contributed by atoms with Gasteiger partial charge in [-0.15, -0.1) is 0 Å². The number of allylic oxidation sites excluding steroid dienone is 30. The summed E-state index contributed by atoms with van der Waals surface area (Å²) < 4.78 is 61.3. The van der Waals surface area contributed by atoms with Gasteiger partial charge < -0.3 is 34.2 Å². The Kier molecular flexibility index (Phi) is 80.0. The number of phosphoric acid groups is 2. The molecule has 0 amide bonds. The van der Waals surface area contributed by atoms with Crippen LogP contribution in [0.15, 0.2) is 182 Å². The van der Waals surface area contributed by atoms with E-state index in [1.54, 1.807) is 0 Å². The van der Waals surface area contributed by atoms with E-state index in [1.165, 1.54) is 96.3 Å². The Hall–Kier alpha value is -5.35. The predicted octanol–water partition coefficient (Wildman–Crippen LogP) is 26.1. The smallest absolute Gasteiger partial charge is 0.463 e. The van der Waals surface area contributed by atoms with Crippen LogP contribution in [0.5, 0.6) is 0 Å². The SMILES string of the molecule is CC/C=C\C/C=C\C/C=C\C/C=C\C/C=C\C/C=C\CCCCCCC(=O)OCC(COP(=O)(O)OCC(O)COP(=O)(O)OCC(O)COC(=O)CCCCCCCCCCCCCCCCC/C=C\C/C=C\C/C=C\C/C=C\C/C=C\CC)OC(=O)CCCCCCC/C=C\C/C=C\C/C=C\C/C=C\CCCCC. The van der Waals surface area contributed by atoms with Gasteiger partial charge >= 0.3 is 33.6 Å². The average molecular weight is 1590 g/mol. The van der Waals surface area contributed by atoms with Crippen molar-refractivity contribution in [3.8, 4) is 0 Å². The summed E-state index contributed by atoms with van der Waals surface area (Å²) in [5, 5.41) is 20.7. The van der Waals surface area contributed by atoms with Crippen LogP contribution in [0, 0.1) is 0 Å². The number of ether oxygens (including phenoxy) is 3. The average Bonchev–Trinajstić information content (AvgIpc) is 0.902. The van der Waals surface area contributed by atoms with Crippen molar-refractivity contribution >= 4 is 33.6 Å². The fraction of sp³-hybridized carbons (Fsp3) is 0.645. The van der Waals surface area contributed by atoms with Gasteiger partial charge in [-0.1, -0.05) is 331 Å². The van der Waals surface area contributed by atoms with Crippen LogP contribution in [0.4, 0.5) is 0 Å². The summed E-state index contributed by atoms with van der Waals surface area (Å²) >= 11 is 0. The summed E-state index contributed by atoms with van der Waals surface area (Å²) in [6, 6.07) is 0. The number of hydrogen-bond donors (Lipinski definition) is 4. The van der Waals surface area contributed by atoms with Crippen LogP contribution in [0.1, 0.15) is 329 Å². The lowest BCUT2D eigenvalue weighted by molar-refractivity contribution is -0.161. The number of aliphatic hydroxyl groups excluding tert-OH is 2. The zero-order valence-electron chi connectivity index (χ0n) is 69.3. The highest BCUT2D eigenvalue weighted by Crippen LogP contribution is 2.45. The normalized spacial score (nSPS) is 14.8. The third kappa shape index (κ3) is 85.4. The van der Waals surface area contributed by atoms with E-state index in [-0.39, 0.29) is 19.3 Å². The topological polar surface area (TPSA) is 231 Å². The van der Waals surface area contributed by atoms with Crippen LogP contribution in [0.2, 0.25) is 0 Å². The van der Waals surface area contributed by atoms with Crippen molar-refractivity contribution in [1.29, 1.82) is 0 Å². The van der Waals surface area contributed by atoms with E-state index in [1.807, 2.05) is 0 Å². The molecule has 0 aliphatic carbocycles. The molecule has 5 atom stereocenters. The largest absolute Gasteiger partial charge is 0.472 e. The van der Waals surface area contributed by atoms with Crippen molar-refractivity contribution in [3.63, 3.8) is 0 Å². The molecule has 0 aliphatic heterocycles. The Bertz CT molecular complexity index is 2750. The van der Waals surface area contributed by atoms with E-state index in [4.69, 9.17) is 32.3 Å². The van der Waals surface area contributed by atoms with Crippen LogP contribution in [0.3, 0.4) is 0 Å². The van der Waals surface area contributed by atoms with Gasteiger partial charge in [0.2, 0.25) is 0 Å². The van der Waals surface area contributed by atoms with E-state index >= 15 is 0 Å². The van der Waals surface area contributed by atoms with Crippen LogP contribution in [0.25, 0.3) is 0 Å². The number of rotatable bonds is 80. The second-order valence-electron chi connectivity index (χ2n) is 28.2. The molecule has 0 fully saturated rings. The van der Waals surface area contributed by atoms with E-state index in [9.17, 15) is 43.5 Å². The maximum Gasteiger partial charge on any atom is 0.472 e. The lowest BCUT2D eigenvalue weighted by Crippen LogP contribution is -2.30. The van der Waals surface area contributed by atoms with Crippen molar-refractivity contribution in [3.05, 3.63) is 182 Å². The molecule has 4 N–H and O–H groups in total. The summed E-state index contributed by atoms with van der Waals surface area (Å²) in [5.41, 5.74) is 0. The molecular formula is C93H154O16P2. The highest BCUT2D eigenvalue weighted by Gasteiger charge is 2.29. The summed E-state index contributed by atoms with van der Waals surface area (Å²) in [7, 11) is -9.83. The van der Waals surface area contributed by atoms with Crippen LogP contribution < -0.4 is 0 Å². The van der Waals surface area contributed by atoms with E-state index in [0.29, 0.717) is 19.3 Å². The number of phosphoric ester groups is 2. The Morgan fingerprint density at radius 1 is 0.261 bits per heavy atom. The Labute approximate surface area is 675 Å². The molecule has 111 heavy (non-hydrogen) atoms. The van der Waals surface area contributed by atoms with Gasteiger partial charge in [0, 0.05) is 19.3 Å². The minimum atomic E-state index is -4.96. The molecule has 0 bridgehead atoms. The highest BCUT2D eigenvalue weighted by molar-refractivity contribution is 7.47. The molecule has 0 aromatic carbocycles. The first-order valence-electron chi connectivity index (χ1n) is 43.1. The second kappa shape index (κ2) is 84.1. The van der Waals surface area contributed by atoms with Gasteiger partial charge in [0.15, 0.2) is 6.10 Å². The Balaban J connectivity index is 4.64. The fourth-order valence-electron chi connectivity index (χ4n) is 11.1. The van der Waals surface area contributed by atoms with Gasteiger partial charge in [0.1, 0.15) is 25.4 Å². The molecule has 0 radical (unpaired) electrons. The monoisotopic (exact) mass is 1590 g/mol. The fourth-order valence-corrected chi connectivity index (χ4v) is 12.7. The number of carbonyl (C=O) groups excluding carboxylic acids is 3. The molecule has 632 valence electrons. The summed E-state index contributed by atoms with van der Waals surface area (Å²) in [5.74, 6) is -1.63. The van der Waals surface area contributed by atoms with Crippen molar-refractivity contribution in [2.45, 2.75) is 347 Å². The minimum Gasteiger partial charge on any atom is -0.463 e. The molecule has 18 heteroatoms. The van der Waals surface area contributed by atoms with Crippen molar-refractivity contribution in [1.82, 2.24) is 0 Å². The standard InChI is InChI=1S/C93H154O16P2/c1-4-7-10-13-16-19-22-25-28-31-34-37-39-40-41-42-43-44-45-46-48-51-52-55-58-61-64-67-70-73-76-79-91(96)103-82-88(94)83-105-110(99,100)106-84-89(95)85-107-111(101,102)108-87-90(109-93(98)81-78-75-72-69-66-63-60-57-54-49-36-33-30-27-24-21-18-15-12-9-6-3)86-104-92(97)80-77-74-71-68-65-62-59-56-53-50-47-38-35-32-29-26-23-20-17-14-11-8-5-2/h7-8,10-11,16-21,25-30,34-38,40-41,49-50,53,57,59-60,62,88-90,94-95H,4-6,9,12-15,22-24,31-33,39,42-48,51-52,54-56,58,61,63-87H2,1-3H3,(H,99,100)(H,101,102)/b10-7-,11-8-,19-16-,20-17-,21-18-,28-25-,29-26-,30-27-,37-34-,38-35-,41-40-,49-36-,53-50-,60-57-,62-59-. The first-order chi connectivity index (χ1) is 54.2. The molecule has 0 aliphatic rings. The van der Waals surface area contributed by atoms with Crippen molar-refractivity contribution < 1.29 is 75.8 Å². The van der Waals surface area contributed by atoms with Gasteiger partial charge in [-0.3, -0.25) is 32.5 Å². The van der Waals surface area contributed by atoms with Crippen LogP contribution in [-0.2, 0) is 55.8 Å². The molecule has 16 nitrogen and oxygen atoms in total. The summed E-state index contributed by atoms with van der Waals surface area (Å²) in [4.78, 5) is 58.9. The quantitative estimate of drug-likeness (QED) is 0.0146. The maximum atomic E-state index is 13.0. The molecule has 0 aromatic rings. The lowest BCUT2D eigenvalue weighted by atomic mass is 10.0. The Morgan fingerprint density at radius 2 is 0.477 bits per heavy atom. The predicted molar refractivity (Wildman–Crippen MR) is 463 cm³/mol. The molecule has 0 heterocycles. The number of aliphatic hydroxyl groups is 2. The van der Waals surface area contributed by atoms with Crippen molar-refractivity contribution in [2.24, 2.45) is 0 Å². The van der Waals surface area contributed by atoms with Gasteiger partial charge in [-0.2, -0.15) is 0 Å². The van der Waals surface area contributed by atoms with E-state index in [2.05, 4.69) is 203 Å². The molecule has 0 saturated carbocycles. The van der Waals surface area contributed by atoms with Gasteiger partial charge in [0.25, 0.3) is 0 Å². The third-order valence-corrected chi connectivity index (χ3v) is 19.5. The third-order valence-electron chi connectivity index (χ3n) is 17.6. The van der Waals surface area contributed by atoms with E-state index in [0.717, 1.165) is 173 Å². The van der Waals surface area contributed by atoms with Crippen molar-refractivity contribution in [2.75, 3.05) is 39.6 Å². The molecule has 5 unspecified atom stereocenters. The first-order valence-corrected chi connectivity index (χ1v) is 46.1. The molecule has 0 spiro atoms. The zero-order chi connectivity index (χ0) is 80.8. The molecule has 0 rings (SSSR count). The number of carbonyl (C=O) groups is 3. The van der Waals surface area contributed by atoms with Crippen LogP contribution >= 0.6 is 15.6 Å². The van der Waals surface area contributed by atoms with Gasteiger partial charge in [-0.25, -0.2) is 9.13 Å². The maximum absolute atomic E-state index is 13.0. The van der Waals surface area contributed by atoms with Gasteiger partial charge in [0.05, 0.1) is 26.4 Å². The molecular weight excluding hydrogens is 1430 g/mol. The van der Waals surface area contributed by atoms with Crippen LogP contribution in [-0.4, -0.2) is 95.9 Å². The lowest BCUT2D eigenvalue weighted by Gasteiger charge is -2.21. The number of unbranched alkanes of at least 4 members (excludes halogenated alkanes) is 27. The minimum absolute atomic E-state index is 0.0710. The number of esters is 3. The zero-order valence-corrected chi connectivity index (χ0v) is 71.1. The second-order valence-corrected chi connectivity index (χ2v) is 31.1. The molecule has 0 saturated heterocycles.